The van der Waals surface area contributed by atoms with Crippen LogP contribution in [0, 0.1) is 0 Å². The number of benzene rings is 2. The van der Waals surface area contributed by atoms with Crippen LogP contribution < -0.4 is 9.36 Å². The molecule has 71 valence electrons. The molecule has 0 saturated heterocycles. The molecule has 0 amide bonds. The van der Waals surface area contributed by atoms with Crippen LogP contribution in [-0.2, 0) is 0 Å². The van der Waals surface area contributed by atoms with Gasteiger partial charge in [0.2, 0.25) is 0 Å². The van der Waals surface area contributed by atoms with Gasteiger partial charge in [-0.3, -0.25) is 0 Å². The summed E-state index contributed by atoms with van der Waals surface area (Å²) >= 11 is 3.11. The summed E-state index contributed by atoms with van der Waals surface area (Å²) in [5.41, 5.74) is 1.26. The summed E-state index contributed by atoms with van der Waals surface area (Å²) in [6.07, 6.45) is 0. The van der Waals surface area contributed by atoms with Gasteiger partial charge in [-0.1, -0.05) is 0 Å². The van der Waals surface area contributed by atoms with Crippen molar-refractivity contribution in [1.29, 1.82) is 0 Å². The molecule has 0 N–H and O–H groups in total. The minimum atomic E-state index is 1.21. The molecule has 0 aliphatic rings. The van der Waals surface area contributed by atoms with Crippen LogP contribution >= 0.6 is 0 Å². The molecule has 0 unspecified atom stereocenters. The molecule has 0 aromatic heterocycles. The first-order chi connectivity index (χ1) is 6.70. The SMILES string of the molecule is CN(C)c1cccc2cccc([Se])c12. The van der Waals surface area contributed by atoms with Crippen LogP contribution in [0.15, 0.2) is 36.4 Å². The van der Waals surface area contributed by atoms with Gasteiger partial charge in [-0.25, -0.2) is 0 Å². The fraction of sp³-hybridized carbons (Fsp3) is 0.167. The Bertz CT molecular complexity index is 458. The van der Waals surface area contributed by atoms with Crippen LogP contribution in [0.5, 0.6) is 0 Å². The molecule has 0 bridgehead atoms. The molecule has 0 spiro atoms. The Hall–Kier alpha value is -0.981. The Labute approximate surface area is 92.5 Å². The number of fused-ring (bicyclic) bond motifs is 1. The Morgan fingerprint density at radius 3 is 2.29 bits per heavy atom. The average Bonchev–Trinajstić information content (AvgIpc) is 2.17. The summed E-state index contributed by atoms with van der Waals surface area (Å²) in [7, 11) is 4.14. The van der Waals surface area contributed by atoms with E-state index in [0.29, 0.717) is 0 Å². The first-order valence-electron chi connectivity index (χ1n) is 4.56. The molecule has 0 fully saturated rings. The third-order valence-electron chi connectivity index (χ3n) is 2.33. The van der Waals surface area contributed by atoms with Gasteiger partial charge in [-0.2, -0.15) is 0 Å². The second-order valence-electron chi connectivity index (χ2n) is 3.53. The van der Waals surface area contributed by atoms with E-state index in [-0.39, 0.29) is 0 Å². The molecule has 0 heterocycles. The van der Waals surface area contributed by atoms with Gasteiger partial charge >= 0.3 is 92.3 Å². The summed E-state index contributed by atoms with van der Waals surface area (Å²) in [4.78, 5) is 2.14. The molecule has 14 heavy (non-hydrogen) atoms. The van der Waals surface area contributed by atoms with E-state index in [1.54, 1.807) is 0 Å². The number of nitrogens with zero attached hydrogens (tertiary/aromatic N) is 1. The fourth-order valence-corrected chi connectivity index (χ4v) is 2.29. The van der Waals surface area contributed by atoms with E-state index in [1.807, 2.05) is 0 Å². The Morgan fingerprint density at radius 2 is 1.64 bits per heavy atom. The van der Waals surface area contributed by atoms with Gasteiger partial charge < -0.3 is 0 Å². The molecule has 2 heteroatoms. The normalized spacial score (nSPS) is 10.4. The molecule has 1 nitrogen and oxygen atoms in total. The third-order valence-corrected chi connectivity index (χ3v) is 3.04. The minimum absolute atomic E-state index is 1.21. The van der Waals surface area contributed by atoms with Crippen molar-refractivity contribution in [2.24, 2.45) is 0 Å². The van der Waals surface area contributed by atoms with Crippen molar-refractivity contribution >= 4 is 36.9 Å². The van der Waals surface area contributed by atoms with Gasteiger partial charge in [-0.05, 0) is 0 Å². The Kier molecular flexibility index (Phi) is 2.49. The van der Waals surface area contributed by atoms with Crippen LogP contribution in [0.1, 0.15) is 0 Å². The Balaban J connectivity index is 2.84. The number of rotatable bonds is 1. The predicted octanol–water partition coefficient (Wildman–Crippen LogP) is 1.70. The third kappa shape index (κ3) is 1.52. The molecule has 0 aliphatic heterocycles. The van der Waals surface area contributed by atoms with E-state index in [4.69, 9.17) is 0 Å². The molecule has 2 rings (SSSR count). The maximum absolute atomic E-state index is 3.11. The standard InChI is InChI=1S/C12H12NSe/c1-13(2)10-7-3-5-9-6-4-8-11(14)12(9)10/h3-8H,1-2H3. The van der Waals surface area contributed by atoms with Crippen molar-refractivity contribution in [3.8, 4) is 0 Å². The monoisotopic (exact) mass is 250 g/mol. The topological polar surface area (TPSA) is 3.24 Å². The van der Waals surface area contributed by atoms with E-state index in [9.17, 15) is 0 Å². The zero-order chi connectivity index (χ0) is 10.1. The quantitative estimate of drug-likeness (QED) is 0.695. The van der Waals surface area contributed by atoms with E-state index in [2.05, 4.69) is 71.4 Å². The first kappa shape index (κ1) is 9.57. The molecular formula is C12H12NSe. The van der Waals surface area contributed by atoms with Gasteiger partial charge in [0.15, 0.2) is 0 Å². The van der Waals surface area contributed by atoms with Crippen LogP contribution in [0.25, 0.3) is 10.8 Å². The molecular weight excluding hydrogens is 237 g/mol. The average molecular weight is 249 g/mol. The van der Waals surface area contributed by atoms with Crippen molar-refractivity contribution in [3.05, 3.63) is 36.4 Å². The van der Waals surface area contributed by atoms with E-state index >= 15 is 0 Å². The van der Waals surface area contributed by atoms with E-state index in [0.717, 1.165) is 0 Å². The second kappa shape index (κ2) is 3.64. The number of anilines is 1. The van der Waals surface area contributed by atoms with Crippen molar-refractivity contribution in [2.45, 2.75) is 0 Å². The van der Waals surface area contributed by atoms with Crippen molar-refractivity contribution in [2.75, 3.05) is 19.0 Å². The van der Waals surface area contributed by atoms with Gasteiger partial charge in [0.1, 0.15) is 0 Å². The molecule has 0 atom stereocenters. The van der Waals surface area contributed by atoms with E-state index in [1.165, 1.54) is 20.9 Å². The summed E-state index contributed by atoms with van der Waals surface area (Å²) in [6, 6.07) is 12.7. The van der Waals surface area contributed by atoms with Gasteiger partial charge in [0.25, 0.3) is 0 Å². The number of hydrogen-bond donors (Lipinski definition) is 0. The zero-order valence-corrected chi connectivity index (χ0v) is 10.0. The van der Waals surface area contributed by atoms with Crippen molar-refractivity contribution in [3.63, 3.8) is 0 Å². The van der Waals surface area contributed by atoms with Crippen molar-refractivity contribution in [1.82, 2.24) is 0 Å². The van der Waals surface area contributed by atoms with Crippen LogP contribution in [-0.4, -0.2) is 30.1 Å². The molecule has 1 radical (unpaired) electrons. The molecule has 0 saturated carbocycles. The van der Waals surface area contributed by atoms with Gasteiger partial charge in [0, 0.05) is 0 Å². The van der Waals surface area contributed by atoms with Crippen LogP contribution in [0.3, 0.4) is 0 Å². The Morgan fingerprint density at radius 1 is 1.00 bits per heavy atom. The zero-order valence-electron chi connectivity index (χ0n) is 8.32. The van der Waals surface area contributed by atoms with Crippen LogP contribution in [0.4, 0.5) is 5.69 Å². The maximum atomic E-state index is 3.11. The second-order valence-corrected chi connectivity index (χ2v) is 4.45. The fourth-order valence-electron chi connectivity index (χ4n) is 1.66. The molecule has 2 aromatic carbocycles. The van der Waals surface area contributed by atoms with Crippen molar-refractivity contribution < 1.29 is 0 Å². The first-order valence-corrected chi connectivity index (χ1v) is 5.42. The van der Waals surface area contributed by atoms with Gasteiger partial charge in [-0.15, -0.1) is 0 Å². The molecule has 0 aliphatic carbocycles. The predicted molar refractivity (Wildman–Crippen MR) is 63.7 cm³/mol. The van der Waals surface area contributed by atoms with Crippen LogP contribution in [0.2, 0.25) is 0 Å². The summed E-state index contributed by atoms with van der Waals surface area (Å²) in [5, 5.41) is 2.59. The van der Waals surface area contributed by atoms with E-state index < -0.39 is 0 Å². The number of hydrogen-bond acceptors (Lipinski definition) is 1. The summed E-state index contributed by atoms with van der Waals surface area (Å²) in [5.74, 6) is 0. The summed E-state index contributed by atoms with van der Waals surface area (Å²) in [6.45, 7) is 0. The van der Waals surface area contributed by atoms with Gasteiger partial charge in [0.05, 0.1) is 0 Å². The molecule has 2 aromatic rings. The summed E-state index contributed by atoms with van der Waals surface area (Å²) < 4.78 is 1.21.